The monoisotopic (exact) mass is 339 g/mol. The van der Waals surface area contributed by atoms with Gasteiger partial charge in [-0.15, -0.1) is 0 Å². The van der Waals surface area contributed by atoms with Crippen molar-refractivity contribution in [2.45, 2.75) is 51.4 Å². The molecule has 2 unspecified atom stereocenters. The SMILES string of the molecule is CCCC(C)C(Br)c1ccc2c(c1)oc(=O)n2CCC. The highest BCUT2D eigenvalue weighted by molar-refractivity contribution is 9.09. The standard InChI is InChI=1S/C16H22BrNO2/c1-4-6-11(3)15(17)12-7-8-13-14(10-12)20-16(19)18(13)9-5-2/h7-8,10-11,15H,4-6,9H2,1-3H3. The van der Waals surface area contributed by atoms with Crippen LogP contribution in [0.1, 0.15) is 50.4 Å². The molecule has 0 bridgehead atoms. The predicted molar refractivity (Wildman–Crippen MR) is 86.5 cm³/mol. The van der Waals surface area contributed by atoms with Gasteiger partial charge >= 0.3 is 5.76 Å². The first-order valence-corrected chi connectivity index (χ1v) is 8.27. The van der Waals surface area contributed by atoms with Gasteiger partial charge in [-0.3, -0.25) is 4.57 Å². The van der Waals surface area contributed by atoms with Gasteiger partial charge in [-0.1, -0.05) is 49.2 Å². The van der Waals surface area contributed by atoms with Gasteiger partial charge in [0.1, 0.15) is 0 Å². The third-order valence-corrected chi connectivity index (χ3v) is 5.13. The Morgan fingerprint density at radius 1 is 1.30 bits per heavy atom. The summed E-state index contributed by atoms with van der Waals surface area (Å²) in [5.74, 6) is 0.300. The van der Waals surface area contributed by atoms with Crippen molar-refractivity contribution in [3.05, 3.63) is 34.3 Å². The van der Waals surface area contributed by atoms with Gasteiger partial charge in [0.05, 0.1) is 5.52 Å². The van der Waals surface area contributed by atoms with E-state index in [1.165, 1.54) is 18.4 Å². The fourth-order valence-electron chi connectivity index (χ4n) is 2.62. The van der Waals surface area contributed by atoms with E-state index in [1.54, 1.807) is 4.57 Å². The lowest BCUT2D eigenvalue weighted by Gasteiger charge is -2.17. The van der Waals surface area contributed by atoms with E-state index in [1.807, 2.05) is 12.1 Å². The number of benzene rings is 1. The van der Waals surface area contributed by atoms with E-state index in [0.29, 0.717) is 22.9 Å². The highest BCUT2D eigenvalue weighted by atomic mass is 79.9. The van der Waals surface area contributed by atoms with E-state index in [-0.39, 0.29) is 5.76 Å². The van der Waals surface area contributed by atoms with Crippen molar-refractivity contribution in [3.63, 3.8) is 0 Å². The smallest absolute Gasteiger partial charge is 0.408 e. The van der Waals surface area contributed by atoms with Crippen molar-refractivity contribution in [3.8, 4) is 0 Å². The summed E-state index contributed by atoms with van der Waals surface area (Å²) in [6.45, 7) is 7.20. The molecule has 0 spiro atoms. The number of halogens is 1. The van der Waals surface area contributed by atoms with Crippen LogP contribution < -0.4 is 5.76 Å². The van der Waals surface area contributed by atoms with Crippen LogP contribution >= 0.6 is 15.9 Å². The Morgan fingerprint density at radius 3 is 2.70 bits per heavy atom. The first-order chi connectivity index (χ1) is 9.58. The van der Waals surface area contributed by atoms with Crippen molar-refractivity contribution in [1.29, 1.82) is 0 Å². The summed E-state index contributed by atoms with van der Waals surface area (Å²) in [6.07, 6.45) is 3.27. The van der Waals surface area contributed by atoms with E-state index in [9.17, 15) is 4.79 Å². The summed E-state index contributed by atoms with van der Waals surface area (Å²) < 4.78 is 7.07. The summed E-state index contributed by atoms with van der Waals surface area (Å²) in [5.41, 5.74) is 2.76. The van der Waals surface area contributed by atoms with Crippen LogP contribution in [0.4, 0.5) is 0 Å². The van der Waals surface area contributed by atoms with Crippen LogP contribution in [0.5, 0.6) is 0 Å². The van der Waals surface area contributed by atoms with E-state index in [0.717, 1.165) is 11.9 Å². The second-order valence-electron chi connectivity index (χ2n) is 5.41. The molecule has 0 saturated carbocycles. The number of rotatable bonds is 6. The zero-order valence-electron chi connectivity index (χ0n) is 12.4. The lowest BCUT2D eigenvalue weighted by molar-refractivity contribution is 0.501. The average molecular weight is 340 g/mol. The second kappa shape index (κ2) is 6.61. The number of alkyl halides is 1. The maximum Gasteiger partial charge on any atom is 0.419 e. The number of aryl methyl sites for hydroxylation is 1. The molecule has 110 valence electrons. The Hall–Kier alpha value is -1.03. The lowest BCUT2D eigenvalue weighted by Crippen LogP contribution is -2.13. The average Bonchev–Trinajstić information content (AvgIpc) is 2.74. The molecule has 0 N–H and O–H groups in total. The van der Waals surface area contributed by atoms with E-state index < -0.39 is 0 Å². The molecule has 2 aromatic rings. The summed E-state index contributed by atoms with van der Waals surface area (Å²) in [5, 5.41) is 0. The third kappa shape index (κ3) is 3.00. The molecule has 0 saturated heterocycles. The third-order valence-electron chi connectivity index (χ3n) is 3.70. The lowest BCUT2D eigenvalue weighted by atomic mass is 9.96. The molecular weight excluding hydrogens is 318 g/mol. The summed E-state index contributed by atoms with van der Waals surface area (Å²) >= 11 is 3.77. The Balaban J connectivity index is 2.37. The molecule has 0 aliphatic rings. The molecule has 1 aromatic carbocycles. The minimum absolute atomic E-state index is 0.258. The van der Waals surface area contributed by atoms with Gasteiger partial charge < -0.3 is 4.42 Å². The number of oxazole rings is 1. The number of hydrogen-bond donors (Lipinski definition) is 0. The quantitative estimate of drug-likeness (QED) is 0.703. The minimum Gasteiger partial charge on any atom is -0.408 e. The predicted octanol–water partition coefficient (Wildman–Crippen LogP) is 4.88. The van der Waals surface area contributed by atoms with Gasteiger partial charge in [0.2, 0.25) is 0 Å². The zero-order chi connectivity index (χ0) is 14.7. The fourth-order valence-corrected chi connectivity index (χ4v) is 3.17. The molecule has 2 atom stereocenters. The van der Waals surface area contributed by atoms with Crippen molar-refractivity contribution < 1.29 is 4.42 Å². The maximum absolute atomic E-state index is 11.8. The number of hydrogen-bond acceptors (Lipinski definition) is 2. The molecule has 0 aliphatic heterocycles. The van der Waals surface area contributed by atoms with E-state index in [4.69, 9.17) is 4.42 Å². The van der Waals surface area contributed by atoms with Crippen LogP contribution in [-0.2, 0) is 6.54 Å². The zero-order valence-corrected chi connectivity index (χ0v) is 13.9. The van der Waals surface area contributed by atoms with E-state index in [2.05, 4.69) is 42.8 Å². The van der Waals surface area contributed by atoms with Crippen molar-refractivity contribution in [2.24, 2.45) is 5.92 Å². The van der Waals surface area contributed by atoms with Crippen LogP contribution in [0.3, 0.4) is 0 Å². The molecule has 1 aromatic heterocycles. The van der Waals surface area contributed by atoms with Crippen molar-refractivity contribution >= 4 is 27.0 Å². The Morgan fingerprint density at radius 2 is 2.05 bits per heavy atom. The first-order valence-electron chi connectivity index (χ1n) is 7.35. The minimum atomic E-state index is -0.258. The molecule has 4 heteroatoms. The highest BCUT2D eigenvalue weighted by Crippen LogP contribution is 2.34. The van der Waals surface area contributed by atoms with Crippen LogP contribution in [0.25, 0.3) is 11.1 Å². The normalized spacial score (nSPS) is 14.6. The van der Waals surface area contributed by atoms with Gasteiger partial charge in [0, 0.05) is 11.4 Å². The Bertz CT molecular complexity index is 629. The molecule has 0 fully saturated rings. The summed E-state index contributed by atoms with van der Waals surface area (Å²) in [6, 6.07) is 6.08. The van der Waals surface area contributed by atoms with Gasteiger partial charge in [-0.05, 0) is 36.5 Å². The molecule has 0 amide bonds. The largest absolute Gasteiger partial charge is 0.419 e. The highest BCUT2D eigenvalue weighted by Gasteiger charge is 2.17. The Kier molecular flexibility index (Phi) is 5.08. The van der Waals surface area contributed by atoms with Gasteiger partial charge in [0.25, 0.3) is 0 Å². The van der Waals surface area contributed by atoms with Crippen LogP contribution in [0.2, 0.25) is 0 Å². The molecule has 3 nitrogen and oxygen atoms in total. The van der Waals surface area contributed by atoms with Crippen LogP contribution in [-0.4, -0.2) is 4.57 Å². The second-order valence-corrected chi connectivity index (χ2v) is 6.40. The molecule has 1 heterocycles. The van der Waals surface area contributed by atoms with Crippen molar-refractivity contribution in [1.82, 2.24) is 4.57 Å². The van der Waals surface area contributed by atoms with Crippen LogP contribution in [0, 0.1) is 5.92 Å². The number of aromatic nitrogens is 1. The molecular formula is C16H22BrNO2. The summed E-state index contributed by atoms with van der Waals surface area (Å²) in [4.78, 5) is 12.1. The molecule has 0 radical (unpaired) electrons. The topological polar surface area (TPSA) is 35.1 Å². The first kappa shape index (κ1) is 15.4. The van der Waals surface area contributed by atoms with Gasteiger partial charge in [-0.2, -0.15) is 0 Å². The van der Waals surface area contributed by atoms with E-state index >= 15 is 0 Å². The van der Waals surface area contributed by atoms with Gasteiger partial charge in [0.15, 0.2) is 5.58 Å². The Labute approximate surface area is 128 Å². The van der Waals surface area contributed by atoms with Crippen LogP contribution in [0.15, 0.2) is 27.4 Å². The molecule has 0 aliphatic carbocycles. The molecule has 2 rings (SSSR count). The number of fused-ring (bicyclic) bond motifs is 1. The maximum atomic E-state index is 11.8. The van der Waals surface area contributed by atoms with Gasteiger partial charge in [-0.25, -0.2) is 4.79 Å². The fraction of sp³-hybridized carbons (Fsp3) is 0.562. The molecule has 20 heavy (non-hydrogen) atoms. The van der Waals surface area contributed by atoms with Crippen molar-refractivity contribution in [2.75, 3.05) is 0 Å². The number of nitrogens with zero attached hydrogens (tertiary/aromatic N) is 1. The summed E-state index contributed by atoms with van der Waals surface area (Å²) in [7, 11) is 0.